The molecule has 0 saturated carbocycles. The number of nitrogens with one attached hydrogen (secondary N) is 2. The Kier molecular flexibility index (Phi) is 5.80. The number of aromatic nitrogens is 3. The molecule has 0 saturated heterocycles. The van der Waals surface area contributed by atoms with Crippen LogP contribution >= 0.6 is 0 Å². The van der Waals surface area contributed by atoms with Gasteiger partial charge < -0.3 is 24.8 Å². The Morgan fingerprint density at radius 3 is 2.66 bits per heavy atom. The predicted molar refractivity (Wildman–Crippen MR) is 125 cm³/mol. The highest BCUT2D eigenvalue weighted by Crippen LogP contribution is 2.32. The van der Waals surface area contributed by atoms with Gasteiger partial charge in [0.15, 0.2) is 17.1 Å². The van der Waals surface area contributed by atoms with Crippen LogP contribution in [0.3, 0.4) is 0 Å². The molecule has 0 atom stereocenters. The van der Waals surface area contributed by atoms with Gasteiger partial charge in [-0.25, -0.2) is 13.9 Å². The lowest BCUT2D eigenvalue weighted by Gasteiger charge is -2.06. The van der Waals surface area contributed by atoms with Gasteiger partial charge in [-0.2, -0.15) is 0 Å². The summed E-state index contributed by atoms with van der Waals surface area (Å²) in [7, 11) is 1.56. The molecule has 0 aliphatic carbocycles. The summed E-state index contributed by atoms with van der Waals surface area (Å²) < 4.78 is 18.0. The second-order valence-electron chi connectivity index (χ2n) is 7.73. The Labute approximate surface area is 198 Å². The van der Waals surface area contributed by atoms with Gasteiger partial charge in [0.25, 0.3) is 5.91 Å². The third-order valence-corrected chi connectivity index (χ3v) is 5.41. The van der Waals surface area contributed by atoms with Crippen molar-refractivity contribution < 1.29 is 23.8 Å². The van der Waals surface area contributed by atoms with Gasteiger partial charge in [0, 0.05) is 18.4 Å². The summed E-state index contributed by atoms with van der Waals surface area (Å²) in [6.07, 6.45) is 1.39. The Bertz CT molecular complexity index is 1470. The molecule has 2 N–H and O–H groups in total. The third-order valence-electron chi connectivity index (χ3n) is 5.41. The Balaban J connectivity index is 1.25. The van der Waals surface area contributed by atoms with E-state index in [2.05, 4.69) is 15.7 Å². The van der Waals surface area contributed by atoms with Gasteiger partial charge in [-0.05, 0) is 54.1 Å². The van der Waals surface area contributed by atoms with Crippen molar-refractivity contribution in [2.75, 3.05) is 19.2 Å². The molecule has 0 fully saturated rings. The zero-order valence-corrected chi connectivity index (χ0v) is 18.7. The van der Waals surface area contributed by atoms with Gasteiger partial charge >= 0.3 is 5.69 Å². The molecule has 11 nitrogen and oxygen atoms in total. The van der Waals surface area contributed by atoms with Gasteiger partial charge in [-0.15, -0.1) is 5.10 Å². The molecule has 35 heavy (non-hydrogen) atoms. The van der Waals surface area contributed by atoms with Crippen molar-refractivity contribution >= 4 is 23.1 Å². The zero-order chi connectivity index (χ0) is 24.4. The molecule has 2 aromatic heterocycles. The van der Waals surface area contributed by atoms with E-state index < -0.39 is 11.6 Å². The highest BCUT2D eigenvalue weighted by molar-refractivity contribution is 6.04. The van der Waals surface area contributed by atoms with Crippen LogP contribution in [0.4, 0.5) is 5.69 Å². The molecule has 0 unspecified atom stereocenters. The number of anilines is 1. The van der Waals surface area contributed by atoms with Crippen LogP contribution < -0.4 is 30.5 Å². The zero-order valence-electron chi connectivity index (χ0n) is 18.7. The second kappa shape index (κ2) is 9.21. The summed E-state index contributed by atoms with van der Waals surface area (Å²) >= 11 is 0. The molecule has 5 rings (SSSR count). The van der Waals surface area contributed by atoms with Crippen LogP contribution in [-0.4, -0.2) is 39.9 Å². The lowest BCUT2D eigenvalue weighted by Crippen LogP contribution is -2.32. The Hall–Kier alpha value is -4.80. The number of nitrogens with zero attached hydrogens (tertiary/aromatic N) is 3. The summed E-state index contributed by atoms with van der Waals surface area (Å²) in [6, 6.07) is 15.4. The number of amides is 2. The minimum Gasteiger partial charge on any atom is -0.497 e. The van der Waals surface area contributed by atoms with Crippen LogP contribution in [0.25, 0.3) is 5.65 Å². The fraction of sp³-hybridized carbons (Fsp3) is 0.167. The lowest BCUT2D eigenvalue weighted by molar-refractivity contribution is -0.122. The molecule has 11 heteroatoms. The standard InChI is InChI=1S/C24H21N5O6/c1-33-18-6-4-17(5-7-18)26-23(31)16-3-9-21-27-29(24(32)28(21)12-16)13-22(30)25-11-15-2-8-19-20(10-15)35-14-34-19/h2-10,12H,11,13-14H2,1H3,(H,25,30)(H,26,31). The molecule has 0 radical (unpaired) electrons. The van der Waals surface area contributed by atoms with E-state index in [9.17, 15) is 14.4 Å². The van der Waals surface area contributed by atoms with Crippen LogP contribution in [-0.2, 0) is 17.9 Å². The normalized spacial score (nSPS) is 11.9. The van der Waals surface area contributed by atoms with E-state index >= 15 is 0 Å². The van der Waals surface area contributed by atoms with Gasteiger partial charge in [0.05, 0.1) is 12.7 Å². The monoisotopic (exact) mass is 475 g/mol. The van der Waals surface area contributed by atoms with Crippen LogP contribution in [0, 0.1) is 0 Å². The highest BCUT2D eigenvalue weighted by Gasteiger charge is 2.15. The molecular formula is C24H21N5O6. The smallest absolute Gasteiger partial charge is 0.350 e. The van der Waals surface area contributed by atoms with Gasteiger partial charge in [0.1, 0.15) is 12.3 Å². The number of carbonyl (C=O) groups excluding carboxylic acids is 2. The minimum absolute atomic E-state index is 0.173. The van der Waals surface area contributed by atoms with E-state index in [1.807, 2.05) is 6.07 Å². The summed E-state index contributed by atoms with van der Waals surface area (Å²) in [5.74, 6) is 1.18. The van der Waals surface area contributed by atoms with Crippen molar-refractivity contribution in [2.45, 2.75) is 13.1 Å². The van der Waals surface area contributed by atoms with Crippen molar-refractivity contribution in [1.29, 1.82) is 0 Å². The number of hydrogen-bond donors (Lipinski definition) is 2. The average molecular weight is 475 g/mol. The van der Waals surface area contributed by atoms with E-state index in [1.54, 1.807) is 55.6 Å². The molecule has 0 spiro atoms. The van der Waals surface area contributed by atoms with Crippen molar-refractivity contribution in [3.8, 4) is 17.2 Å². The molecule has 3 heterocycles. The molecule has 0 bridgehead atoms. The molecule has 2 aromatic carbocycles. The number of carbonyl (C=O) groups is 2. The first kappa shape index (κ1) is 22.0. The third kappa shape index (κ3) is 4.64. The molecular weight excluding hydrogens is 454 g/mol. The first-order chi connectivity index (χ1) is 17.0. The van der Waals surface area contributed by atoms with E-state index in [0.717, 1.165) is 10.2 Å². The van der Waals surface area contributed by atoms with E-state index in [1.165, 1.54) is 10.6 Å². The first-order valence-corrected chi connectivity index (χ1v) is 10.7. The lowest BCUT2D eigenvalue weighted by atomic mass is 10.2. The molecule has 1 aliphatic rings. The van der Waals surface area contributed by atoms with Crippen LogP contribution in [0.15, 0.2) is 65.6 Å². The quantitative estimate of drug-likeness (QED) is 0.418. The number of methoxy groups -OCH3 is 1. The van der Waals surface area contributed by atoms with Crippen molar-refractivity contribution in [3.63, 3.8) is 0 Å². The number of fused-ring (bicyclic) bond motifs is 2. The molecule has 178 valence electrons. The predicted octanol–water partition coefficient (Wildman–Crippen LogP) is 1.80. The summed E-state index contributed by atoms with van der Waals surface area (Å²) in [6.45, 7) is 0.165. The molecule has 2 amide bonds. The van der Waals surface area contributed by atoms with Gasteiger partial charge in [-0.1, -0.05) is 6.07 Å². The maximum absolute atomic E-state index is 12.8. The fourth-order valence-corrected chi connectivity index (χ4v) is 3.58. The summed E-state index contributed by atoms with van der Waals surface area (Å²) in [4.78, 5) is 37.8. The highest BCUT2D eigenvalue weighted by atomic mass is 16.7. The number of hydrogen-bond acceptors (Lipinski definition) is 7. The van der Waals surface area contributed by atoms with E-state index in [0.29, 0.717) is 28.6 Å². The number of rotatable bonds is 7. The Morgan fingerprint density at radius 2 is 1.86 bits per heavy atom. The maximum Gasteiger partial charge on any atom is 0.350 e. The Morgan fingerprint density at radius 1 is 1.06 bits per heavy atom. The summed E-state index contributed by atoms with van der Waals surface area (Å²) in [5.41, 5.74) is 1.47. The van der Waals surface area contributed by atoms with Gasteiger partial charge in [0.2, 0.25) is 12.7 Å². The minimum atomic E-state index is -0.530. The first-order valence-electron chi connectivity index (χ1n) is 10.7. The van der Waals surface area contributed by atoms with Crippen LogP contribution in [0.1, 0.15) is 15.9 Å². The van der Waals surface area contributed by atoms with Gasteiger partial charge in [-0.3, -0.25) is 9.59 Å². The summed E-state index contributed by atoms with van der Waals surface area (Å²) in [5, 5.41) is 9.70. The maximum atomic E-state index is 12.8. The second-order valence-corrected chi connectivity index (χ2v) is 7.73. The number of ether oxygens (including phenoxy) is 3. The molecule has 1 aliphatic heterocycles. The molecule has 4 aromatic rings. The number of benzene rings is 2. The van der Waals surface area contributed by atoms with E-state index in [-0.39, 0.29) is 31.4 Å². The topological polar surface area (TPSA) is 125 Å². The van der Waals surface area contributed by atoms with Crippen LogP contribution in [0.2, 0.25) is 0 Å². The largest absolute Gasteiger partial charge is 0.497 e. The fourth-order valence-electron chi connectivity index (χ4n) is 3.58. The van der Waals surface area contributed by atoms with Crippen molar-refractivity contribution in [3.05, 3.63) is 82.4 Å². The van der Waals surface area contributed by atoms with Crippen molar-refractivity contribution in [1.82, 2.24) is 19.5 Å². The van der Waals surface area contributed by atoms with Crippen molar-refractivity contribution in [2.24, 2.45) is 0 Å². The number of pyridine rings is 1. The average Bonchev–Trinajstić information content (AvgIpc) is 3.47. The van der Waals surface area contributed by atoms with Crippen LogP contribution in [0.5, 0.6) is 17.2 Å². The van der Waals surface area contributed by atoms with E-state index in [4.69, 9.17) is 14.2 Å². The SMILES string of the molecule is COc1ccc(NC(=O)c2ccc3nn(CC(=O)NCc4ccc5c(c4)OCO5)c(=O)n3c2)cc1.